The Labute approximate surface area is 147 Å². The van der Waals surface area contributed by atoms with Gasteiger partial charge in [0.15, 0.2) is 0 Å². The first kappa shape index (κ1) is 18.8. The third kappa shape index (κ3) is 5.77. The Morgan fingerprint density at radius 3 is 2.16 bits per heavy atom. The van der Waals surface area contributed by atoms with Gasteiger partial charge in [-0.1, -0.05) is 0 Å². The van der Waals surface area contributed by atoms with Crippen molar-refractivity contribution in [2.75, 3.05) is 23.7 Å². The summed E-state index contributed by atoms with van der Waals surface area (Å²) in [6.07, 6.45) is 0.220. The van der Waals surface area contributed by atoms with E-state index in [0.717, 1.165) is 0 Å². The first-order valence-electron chi connectivity index (χ1n) is 8.30. The van der Waals surface area contributed by atoms with Crippen LogP contribution in [0.4, 0.5) is 16.2 Å². The quantitative estimate of drug-likeness (QED) is 0.880. The van der Waals surface area contributed by atoms with E-state index in [1.165, 1.54) is 6.92 Å². The normalized spacial score (nSPS) is 17.1. The molecule has 136 valence electrons. The molecular weight excluding hydrogens is 322 g/mol. The van der Waals surface area contributed by atoms with Gasteiger partial charge in [0, 0.05) is 31.4 Å². The van der Waals surface area contributed by atoms with Gasteiger partial charge in [-0.15, -0.1) is 0 Å². The van der Waals surface area contributed by atoms with E-state index in [0.29, 0.717) is 30.9 Å². The first-order chi connectivity index (χ1) is 11.6. The number of carbonyl (C=O) groups is 3. The molecule has 0 spiro atoms. The lowest BCUT2D eigenvalue weighted by Crippen LogP contribution is -2.36. The van der Waals surface area contributed by atoms with Gasteiger partial charge in [0.05, 0.1) is 5.92 Å². The highest BCUT2D eigenvalue weighted by Crippen LogP contribution is 2.21. The summed E-state index contributed by atoms with van der Waals surface area (Å²) in [7, 11) is 0. The van der Waals surface area contributed by atoms with Crippen LogP contribution in [0.2, 0.25) is 0 Å². The number of carbonyl (C=O) groups excluding carboxylic acids is 3. The van der Waals surface area contributed by atoms with Gasteiger partial charge < -0.3 is 20.3 Å². The summed E-state index contributed by atoms with van der Waals surface area (Å²) < 4.78 is 5.33. The Morgan fingerprint density at radius 2 is 1.64 bits per heavy atom. The number of hydrogen-bond donors (Lipinski definition) is 2. The highest BCUT2D eigenvalue weighted by molar-refractivity contribution is 5.94. The van der Waals surface area contributed by atoms with Gasteiger partial charge >= 0.3 is 6.09 Å². The maximum Gasteiger partial charge on any atom is 0.410 e. The summed E-state index contributed by atoms with van der Waals surface area (Å²) in [5.74, 6) is -0.536. The second-order valence-corrected chi connectivity index (χ2v) is 7.16. The zero-order valence-electron chi connectivity index (χ0n) is 15.1. The highest BCUT2D eigenvalue weighted by atomic mass is 16.6. The molecule has 2 rings (SSSR count). The van der Waals surface area contributed by atoms with Crippen LogP contribution in [0.1, 0.15) is 34.1 Å². The monoisotopic (exact) mass is 347 g/mol. The molecule has 3 amide bonds. The number of likely N-dealkylation sites (tertiary alicyclic amines) is 1. The maximum atomic E-state index is 12.4. The summed E-state index contributed by atoms with van der Waals surface area (Å²) in [6, 6.07) is 6.89. The second kappa shape index (κ2) is 7.55. The molecule has 1 aliphatic rings. The summed E-state index contributed by atoms with van der Waals surface area (Å²) in [5, 5.41) is 5.51. The van der Waals surface area contributed by atoms with E-state index < -0.39 is 5.60 Å². The molecule has 1 unspecified atom stereocenters. The van der Waals surface area contributed by atoms with Crippen molar-refractivity contribution in [1.82, 2.24) is 4.90 Å². The molecule has 1 heterocycles. The van der Waals surface area contributed by atoms with Gasteiger partial charge in [0.2, 0.25) is 11.8 Å². The number of amides is 3. The van der Waals surface area contributed by atoms with E-state index in [2.05, 4.69) is 10.6 Å². The van der Waals surface area contributed by atoms with Crippen molar-refractivity contribution in [3.8, 4) is 0 Å². The molecule has 0 aliphatic carbocycles. The van der Waals surface area contributed by atoms with Crippen LogP contribution in [-0.4, -0.2) is 41.5 Å². The maximum absolute atomic E-state index is 12.4. The van der Waals surface area contributed by atoms with Crippen LogP contribution in [0, 0.1) is 5.92 Å². The van der Waals surface area contributed by atoms with E-state index in [-0.39, 0.29) is 23.8 Å². The minimum Gasteiger partial charge on any atom is -0.444 e. The van der Waals surface area contributed by atoms with Crippen LogP contribution in [0.3, 0.4) is 0 Å². The number of nitrogens with one attached hydrogen (secondary N) is 2. The van der Waals surface area contributed by atoms with E-state index in [1.54, 1.807) is 29.2 Å². The third-order valence-electron chi connectivity index (χ3n) is 3.68. The lowest BCUT2D eigenvalue weighted by atomic mass is 10.1. The van der Waals surface area contributed by atoms with Gasteiger partial charge in [-0.2, -0.15) is 0 Å². The topological polar surface area (TPSA) is 87.7 Å². The predicted molar refractivity (Wildman–Crippen MR) is 95.3 cm³/mol. The van der Waals surface area contributed by atoms with Crippen LogP contribution < -0.4 is 10.6 Å². The number of benzene rings is 1. The van der Waals surface area contributed by atoms with Crippen LogP contribution in [0.25, 0.3) is 0 Å². The molecule has 0 aromatic heterocycles. The number of hydrogen-bond acceptors (Lipinski definition) is 4. The Bertz CT molecular complexity index is 649. The van der Waals surface area contributed by atoms with Crippen LogP contribution in [-0.2, 0) is 14.3 Å². The smallest absolute Gasteiger partial charge is 0.410 e. The van der Waals surface area contributed by atoms with E-state index in [1.807, 2.05) is 20.8 Å². The SMILES string of the molecule is CC(=O)Nc1ccc(NC(=O)C2CCN(C(=O)OC(C)(C)C)C2)cc1. The van der Waals surface area contributed by atoms with Crippen molar-refractivity contribution in [1.29, 1.82) is 0 Å². The lowest BCUT2D eigenvalue weighted by molar-refractivity contribution is -0.119. The van der Waals surface area contributed by atoms with Crippen molar-refractivity contribution in [3.05, 3.63) is 24.3 Å². The zero-order valence-corrected chi connectivity index (χ0v) is 15.1. The molecule has 25 heavy (non-hydrogen) atoms. The standard InChI is InChI=1S/C18H25N3O4/c1-12(22)19-14-5-7-15(8-6-14)20-16(23)13-9-10-21(11-13)17(24)25-18(2,3)4/h5-8,13H,9-11H2,1-4H3,(H,19,22)(H,20,23). The number of ether oxygens (including phenoxy) is 1. The third-order valence-corrected chi connectivity index (χ3v) is 3.68. The van der Waals surface area contributed by atoms with Gasteiger partial charge in [-0.3, -0.25) is 9.59 Å². The summed E-state index contributed by atoms with van der Waals surface area (Å²) in [4.78, 5) is 37.0. The molecule has 7 nitrogen and oxygen atoms in total. The molecule has 1 aromatic rings. The van der Waals surface area contributed by atoms with Crippen molar-refractivity contribution >= 4 is 29.3 Å². The summed E-state index contributed by atoms with van der Waals surface area (Å²) in [6.45, 7) is 7.74. The van der Waals surface area contributed by atoms with Crippen molar-refractivity contribution in [2.45, 2.75) is 39.7 Å². The second-order valence-electron chi connectivity index (χ2n) is 7.16. The van der Waals surface area contributed by atoms with E-state index in [4.69, 9.17) is 4.74 Å². The molecular formula is C18H25N3O4. The van der Waals surface area contributed by atoms with Crippen molar-refractivity contribution in [3.63, 3.8) is 0 Å². The Hall–Kier alpha value is -2.57. The Balaban J connectivity index is 1.87. The van der Waals surface area contributed by atoms with E-state index in [9.17, 15) is 14.4 Å². The molecule has 7 heteroatoms. The van der Waals surface area contributed by atoms with Gasteiger partial charge in [-0.25, -0.2) is 4.79 Å². The van der Waals surface area contributed by atoms with Gasteiger partial charge in [0.25, 0.3) is 0 Å². The lowest BCUT2D eigenvalue weighted by Gasteiger charge is -2.24. The average Bonchev–Trinajstić information content (AvgIpc) is 2.97. The first-order valence-corrected chi connectivity index (χ1v) is 8.30. The largest absolute Gasteiger partial charge is 0.444 e. The number of anilines is 2. The fraction of sp³-hybridized carbons (Fsp3) is 0.500. The Morgan fingerprint density at radius 1 is 1.08 bits per heavy atom. The van der Waals surface area contributed by atoms with Gasteiger partial charge in [-0.05, 0) is 51.5 Å². The summed E-state index contributed by atoms with van der Waals surface area (Å²) in [5.41, 5.74) is 0.768. The highest BCUT2D eigenvalue weighted by Gasteiger charge is 2.33. The number of rotatable bonds is 3. The van der Waals surface area contributed by atoms with Crippen molar-refractivity contribution < 1.29 is 19.1 Å². The van der Waals surface area contributed by atoms with Crippen LogP contribution in [0.15, 0.2) is 24.3 Å². The van der Waals surface area contributed by atoms with Crippen LogP contribution in [0.5, 0.6) is 0 Å². The minimum absolute atomic E-state index is 0.127. The molecule has 1 atom stereocenters. The molecule has 1 aromatic carbocycles. The molecule has 1 fully saturated rings. The van der Waals surface area contributed by atoms with Crippen molar-refractivity contribution in [2.24, 2.45) is 5.92 Å². The zero-order chi connectivity index (χ0) is 18.6. The van der Waals surface area contributed by atoms with Gasteiger partial charge in [0.1, 0.15) is 5.60 Å². The molecule has 0 bridgehead atoms. The molecule has 1 aliphatic heterocycles. The molecule has 0 saturated carbocycles. The molecule has 0 radical (unpaired) electrons. The predicted octanol–water partition coefficient (Wildman–Crippen LogP) is 2.84. The Kier molecular flexibility index (Phi) is 5.66. The molecule has 2 N–H and O–H groups in total. The fourth-order valence-electron chi connectivity index (χ4n) is 2.55. The fourth-order valence-corrected chi connectivity index (χ4v) is 2.55. The van der Waals surface area contributed by atoms with Crippen LogP contribution >= 0.6 is 0 Å². The average molecular weight is 347 g/mol. The molecule has 1 saturated heterocycles. The van der Waals surface area contributed by atoms with E-state index >= 15 is 0 Å². The minimum atomic E-state index is -0.549. The number of nitrogens with zero attached hydrogens (tertiary/aromatic N) is 1. The summed E-state index contributed by atoms with van der Waals surface area (Å²) >= 11 is 0.